The van der Waals surface area contributed by atoms with E-state index in [1.165, 1.54) is 65.6 Å². The molecule has 5 heteroatoms. The van der Waals surface area contributed by atoms with Crippen LogP contribution in [0.3, 0.4) is 0 Å². The molecule has 0 aliphatic rings. The van der Waals surface area contributed by atoms with Crippen LogP contribution in [0.1, 0.15) is 0 Å². The summed E-state index contributed by atoms with van der Waals surface area (Å²) in [5.74, 6) is 0.806. The van der Waals surface area contributed by atoms with Gasteiger partial charge in [-0.25, -0.2) is 9.97 Å². The van der Waals surface area contributed by atoms with Crippen molar-refractivity contribution in [1.82, 2.24) is 23.7 Å². The van der Waals surface area contributed by atoms with Gasteiger partial charge in [0.15, 0.2) is 5.82 Å². The topological polar surface area (TPSA) is 40.6 Å². The van der Waals surface area contributed by atoms with Gasteiger partial charge in [0.1, 0.15) is 5.69 Å². The Hall–Kier alpha value is -9.58. The molecule has 330 valence electrons. The molecule has 0 bridgehead atoms. The molecule has 0 saturated carbocycles. The van der Waals surface area contributed by atoms with E-state index in [0.29, 0.717) is 0 Å². The molecule has 4 aromatic heterocycles. The predicted octanol–water partition coefficient (Wildman–Crippen LogP) is 17.1. The van der Waals surface area contributed by atoms with Gasteiger partial charge in [0, 0.05) is 49.3 Å². The molecule has 0 unspecified atom stereocenters. The highest BCUT2D eigenvalue weighted by Crippen LogP contribution is 2.44. The first-order valence-electron chi connectivity index (χ1n) is 24.2. The monoisotopic (exact) mass is 903 g/mol. The Labute approximate surface area is 408 Å². The number of rotatable bonds is 6. The lowest BCUT2D eigenvalue weighted by molar-refractivity contribution is 1.08. The van der Waals surface area contributed by atoms with Crippen LogP contribution in [0.4, 0.5) is 0 Å². The molecule has 0 saturated heterocycles. The smallest absolute Gasteiger partial charge is 0.165 e. The minimum absolute atomic E-state index is 0.806. The minimum Gasteiger partial charge on any atom is -0.309 e. The van der Waals surface area contributed by atoms with Gasteiger partial charge in [0.25, 0.3) is 0 Å². The number of aromatic nitrogens is 5. The van der Waals surface area contributed by atoms with Crippen LogP contribution in [-0.4, -0.2) is 23.7 Å². The van der Waals surface area contributed by atoms with Gasteiger partial charge < -0.3 is 9.13 Å². The lowest BCUT2D eigenvalue weighted by atomic mass is 10.00. The van der Waals surface area contributed by atoms with Crippen molar-refractivity contribution in [1.29, 1.82) is 0 Å². The normalized spacial score (nSPS) is 11.9. The molecule has 5 nitrogen and oxygen atoms in total. The lowest BCUT2D eigenvalue weighted by Gasteiger charge is -2.14. The van der Waals surface area contributed by atoms with E-state index >= 15 is 0 Å². The van der Waals surface area contributed by atoms with Crippen molar-refractivity contribution in [3.8, 4) is 50.7 Å². The molecular weight excluding hydrogens is 863 g/mol. The zero-order valence-corrected chi connectivity index (χ0v) is 38.4. The molecule has 0 radical (unpaired) electrons. The molecule has 0 spiro atoms. The molecule has 0 amide bonds. The van der Waals surface area contributed by atoms with Crippen molar-refractivity contribution in [2.24, 2.45) is 0 Å². The molecule has 0 N–H and O–H groups in total. The van der Waals surface area contributed by atoms with Crippen LogP contribution in [-0.2, 0) is 0 Å². The molecule has 0 atom stereocenters. The maximum absolute atomic E-state index is 5.43. The van der Waals surface area contributed by atoms with Crippen LogP contribution in [0.15, 0.2) is 249 Å². The first kappa shape index (κ1) is 39.4. The Kier molecular flexibility index (Phi) is 8.59. The SMILES string of the molecule is c1ccc(-c2ccc(-c3cccc(-n4c5ccccc5c5c6c7ccccc7n(-c7ccc8c(c7)c7ccccc7n8-c7nc8ccccc8nc7-c7ccc8ccccc8c7)c6ccc54)c3)cc2)cc1. The lowest BCUT2D eigenvalue weighted by Crippen LogP contribution is -2.04. The highest BCUT2D eigenvalue weighted by atomic mass is 15.1. The van der Waals surface area contributed by atoms with Gasteiger partial charge in [-0.1, -0.05) is 170 Å². The highest BCUT2D eigenvalue weighted by molar-refractivity contribution is 6.29. The average molecular weight is 904 g/mol. The van der Waals surface area contributed by atoms with Gasteiger partial charge in [-0.3, -0.25) is 4.57 Å². The minimum atomic E-state index is 0.806. The fraction of sp³-hybridized carbons (Fsp3) is 0. The standard InChI is InChI=1S/C66H41N5/c1-2-15-42(16-3-1)44-29-31-45(32-30-44)47-19-14-20-49(40-47)69-58-27-12-7-22-52(58)63-61(69)37-38-62-64(63)53-23-8-13-28-59(53)70(62)50-35-36-60-54(41-50)51-21-6-11-26-57(51)71(60)66-65(67-55-24-9-10-25-56(55)68-66)48-34-33-43-17-4-5-18-46(43)39-48/h1-41H. The Balaban J connectivity index is 0.921. The maximum Gasteiger partial charge on any atom is 0.165 e. The summed E-state index contributed by atoms with van der Waals surface area (Å²) in [4.78, 5) is 10.8. The Morgan fingerprint density at radius 3 is 1.45 bits per heavy atom. The number of hydrogen-bond acceptors (Lipinski definition) is 2. The second-order valence-electron chi connectivity index (χ2n) is 18.6. The van der Waals surface area contributed by atoms with Crippen LogP contribution in [0.5, 0.6) is 0 Å². The number of fused-ring (bicyclic) bond motifs is 12. The fourth-order valence-electron chi connectivity index (χ4n) is 11.4. The third-order valence-corrected chi connectivity index (χ3v) is 14.6. The molecule has 15 aromatic rings. The maximum atomic E-state index is 5.43. The highest BCUT2D eigenvalue weighted by Gasteiger charge is 2.23. The summed E-state index contributed by atoms with van der Waals surface area (Å²) in [6.07, 6.45) is 0. The van der Waals surface area contributed by atoms with E-state index in [1.54, 1.807) is 0 Å². The Morgan fingerprint density at radius 2 is 0.746 bits per heavy atom. The van der Waals surface area contributed by atoms with Crippen molar-refractivity contribution >= 4 is 87.2 Å². The van der Waals surface area contributed by atoms with Crippen LogP contribution < -0.4 is 0 Å². The van der Waals surface area contributed by atoms with E-state index in [2.05, 4.69) is 250 Å². The van der Waals surface area contributed by atoms with Gasteiger partial charge in [-0.2, -0.15) is 0 Å². The van der Waals surface area contributed by atoms with Crippen molar-refractivity contribution in [2.75, 3.05) is 0 Å². The van der Waals surface area contributed by atoms with E-state index < -0.39 is 0 Å². The van der Waals surface area contributed by atoms with Gasteiger partial charge >= 0.3 is 0 Å². The van der Waals surface area contributed by atoms with Crippen LogP contribution in [0, 0.1) is 0 Å². The molecule has 15 rings (SSSR count). The van der Waals surface area contributed by atoms with E-state index in [9.17, 15) is 0 Å². The Bertz CT molecular complexity index is 4630. The quantitative estimate of drug-likeness (QED) is 0.167. The van der Waals surface area contributed by atoms with E-state index in [0.717, 1.165) is 72.3 Å². The molecule has 71 heavy (non-hydrogen) atoms. The largest absolute Gasteiger partial charge is 0.309 e. The fourth-order valence-corrected chi connectivity index (χ4v) is 11.4. The first-order chi connectivity index (χ1) is 35.2. The second kappa shape index (κ2) is 15.5. The summed E-state index contributed by atoms with van der Waals surface area (Å²) < 4.78 is 7.22. The van der Waals surface area contributed by atoms with Crippen LogP contribution >= 0.6 is 0 Å². The molecular formula is C66H41N5. The van der Waals surface area contributed by atoms with Crippen molar-refractivity contribution < 1.29 is 0 Å². The van der Waals surface area contributed by atoms with E-state index in [4.69, 9.17) is 9.97 Å². The average Bonchev–Trinajstić information content (AvgIpc) is 4.08. The van der Waals surface area contributed by atoms with Gasteiger partial charge in [0.2, 0.25) is 0 Å². The van der Waals surface area contributed by atoms with E-state index in [-0.39, 0.29) is 0 Å². The predicted molar refractivity (Wildman–Crippen MR) is 296 cm³/mol. The van der Waals surface area contributed by atoms with E-state index in [1.807, 2.05) is 12.1 Å². The Morgan fingerprint density at radius 1 is 0.254 bits per heavy atom. The zero-order chi connectivity index (χ0) is 46.6. The first-order valence-corrected chi connectivity index (χ1v) is 24.2. The summed E-state index contributed by atoms with van der Waals surface area (Å²) in [6.45, 7) is 0. The second-order valence-corrected chi connectivity index (χ2v) is 18.6. The number of nitrogens with zero attached hydrogens (tertiary/aromatic N) is 5. The number of benzene rings is 11. The van der Waals surface area contributed by atoms with Crippen LogP contribution in [0.2, 0.25) is 0 Å². The third-order valence-electron chi connectivity index (χ3n) is 14.6. The number of hydrogen-bond donors (Lipinski definition) is 0. The number of para-hydroxylation sites is 5. The summed E-state index contributed by atoms with van der Waals surface area (Å²) in [6, 6.07) is 89.8. The summed E-state index contributed by atoms with van der Waals surface area (Å²) >= 11 is 0. The molecule has 0 aliphatic heterocycles. The van der Waals surface area contributed by atoms with Crippen LogP contribution in [0.25, 0.3) is 138 Å². The summed E-state index contributed by atoms with van der Waals surface area (Å²) in [7, 11) is 0. The summed E-state index contributed by atoms with van der Waals surface area (Å²) in [5, 5.41) is 9.61. The van der Waals surface area contributed by atoms with Gasteiger partial charge in [0.05, 0.1) is 44.1 Å². The molecule has 0 aliphatic carbocycles. The van der Waals surface area contributed by atoms with Crippen molar-refractivity contribution in [2.45, 2.75) is 0 Å². The zero-order valence-electron chi connectivity index (χ0n) is 38.4. The molecule has 11 aromatic carbocycles. The molecule has 0 fully saturated rings. The van der Waals surface area contributed by atoms with Crippen molar-refractivity contribution in [3.63, 3.8) is 0 Å². The van der Waals surface area contributed by atoms with Crippen molar-refractivity contribution in [3.05, 3.63) is 249 Å². The third kappa shape index (κ3) is 6.06. The molecule has 4 heterocycles. The van der Waals surface area contributed by atoms with Gasteiger partial charge in [-0.05, 0) is 112 Å². The summed E-state index contributed by atoms with van der Waals surface area (Å²) in [5.41, 5.74) is 17.5. The van der Waals surface area contributed by atoms with Gasteiger partial charge in [-0.15, -0.1) is 0 Å².